The van der Waals surface area contributed by atoms with E-state index in [1.165, 1.54) is 7.11 Å². The molecule has 0 saturated heterocycles. The number of rotatable bonds is 6. The van der Waals surface area contributed by atoms with Crippen molar-refractivity contribution in [3.63, 3.8) is 0 Å². The fourth-order valence-electron chi connectivity index (χ4n) is 1.75. The van der Waals surface area contributed by atoms with Gasteiger partial charge in [0.15, 0.2) is 0 Å². The number of thiophene rings is 1. The lowest BCUT2D eigenvalue weighted by atomic mass is 10.2. The first-order valence-corrected chi connectivity index (χ1v) is 7.45. The van der Waals surface area contributed by atoms with E-state index in [2.05, 4.69) is 17.2 Å². The maximum atomic E-state index is 12.2. The van der Waals surface area contributed by atoms with Gasteiger partial charge in [0.05, 0.1) is 12.8 Å². The van der Waals surface area contributed by atoms with Crippen molar-refractivity contribution < 1.29 is 14.3 Å². The molecule has 1 aliphatic rings. The molecule has 4 N–H and O–H groups in total. The molecule has 0 unspecified atom stereocenters. The van der Waals surface area contributed by atoms with Crippen molar-refractivity contribution in [2.75, 3.05) is 24.7 Å². The molecule has 1 aromatic rings. The summed E-state index contributed by atoms with van der Waals surface area (Å²) in [6.07, 6.45) is 1.98. The monoisotopic (exact) mass is 309 g/mol. The fourth-order valence-corrected chi connectivity index (χ4v) is 2.76. The van der Waals surface area contributed by atoms with Crippen molar-refractivity contribution in [1.29, 1.82) is 0 Å². The van der Waals surface area contributed by atoms with Crippen LogP contribution in [0.5, 0.6) is 0 Å². The zero-order valence-electron chi connectivity index (χ0n) is 12.1. The van der Waals surface area contributed by atoms with E-state index in [0.717, 1.165) is 29.8 Å². The lowest BCUT2D eigenvalue weighted by Crippen LogP contribution is -2.25. The molecule has 0 aromatic carbocycles. The summed E-state index contributed by atoms with van der Waals surface area (Å²) < 4.78 is 4.74. The third-order valence-corrected chi connectivity index (χ3v) is 4.17. The van der Waals surface area contributed by atoms with Gasteiger partial charge in [-0.3, -0.25) is 4.79 Å². The molecule has 1 fully saturated rings. The van der Waals surface area contributed by atoms with Gasteiger partial charge in [-0.1, -0.05) is 12.2 Å². The Morgan fingerprint density at radius 3 is 2.67 bits per heavy atom. The summed E-state index contributed by atoms with van der Waals surface area (Å²) in [4.78, 5) is 24.4. The van der Waals surface area contributed by atoms with Crippen molar-refractivity contribution in [3.05, 3.63) is 22.6 Å². The number of hydrogen-bond acceptors (Lipinski definition) is 6. The Bertz CT molecular complexity index is 591. The minimum absolute atomic E-state index is 0.161. The van der Waals surface area contributed by atoms with Gasteiger partial charge in [-0.15, -0.1) is 11.3 Å². The van der Waals surface area contributed by atoms with E-state index in [4.69, 9.17) is 10.5 Å². The summed E-state index contributed by atoms with van der Waals surface area (Å²) >= 11 is 1.16. The number of nitrogens with two attached hydrogens (primary N) is 1. The average Bonchev–Trinajstić information content (AvgIpc) is 3.17. The Morgan fingerprint density at radius 1 is 1.48 bits per heavy atom. The van der Waals surface area contributed by atoms with Crippen LogP contribution in [-0.4, -0.2) is 31.6 Å². The number of carbonyl (C=O) groups excluding carboxylic acids is 2. The Kier molecular flexibility index (Phi) is 4.52. The van der Waals surface area contributed by atoms with E-state index in [1.54, 1.807) is 0 Å². The molecule has 7 heteroatoms. The third kappa shape index (κ3) is 3.55. The largest absolute Gasteiger partial charge is 0.465 e. The first kappa shape index (κ1) is 15.4. The highest BCUT2D eigenvalue weighted by Crippen LogP contribution is 2.36. The fraction of sp³-hybridized carbons (Fsp3) is 0.429. The first-order valence-electron chi connectivity index (χ1n) is 6.63. The number of nitrogen functional groups attached to an aromatic ring is 1. The molecule has 2 rings (SSSR count). The highest BCUT2D eigenvalue weighted by Gasteiger charge is 2.29. The standard InChI is InChI=1S/C14H19N3O3S/c1-7(2)6-16-13-9(14(19)20-3)10(15)11(21-13)12(18)17-8-4-5-8/h8,16H,1,4-6,15H2,2-3H3,(H,17,18). The average molecular weight is 309 g/mol. The molecular formula is C14H19N3O3S. The SMILES string of the molecule is C=C(C)CNc1sc(C(=O)NC2CC2)c(N)c1C(=O)OC. The molecular weight excluding hydrogens is 290 g/mol. The molecule has 0 radical (unpaired) electrons. The van der Waals surface area contributed by atoms with Crippen molar-refractivity contribution in [2.24, 2.45) is 0 Å². The van der Waals surface area contributed by atoms with E-state index < -0.39 is 5.97 Å². The van der Waals surface area contributed by atoms with Crippen LogP contribution in [0.15, 0.2) is 12.2 Å². The van der Waals surface area contributed by atoms with Crippen LogP contribution >= 0.6 is 11.3 Å². The number of amides is 1. The second kappa shape index (κ2) is 6.17. The molecule has 0 aliphatic heterocycles. The molecule has 1 amide bonds. The highest BCUT2D eigenvalue weighted by molar-refractivity contribution is 7.19. The second-order valence-electron chi connectivity index (χ2n) is 5.10. The number of carbonyl (C=O) groups is 2. The minimum atomic E-state index is -0.557. The number of anilines is 2. The molecule has 1 saturated carbocycles. The molecule has 1 heterocycles. The summed E-state index contributed by atoms with van der Waals surface area (Å²) in [7, 11) is 1.28. The summed E-state index contributed by atoms with van der Waals surface area (Å²) in [6, 6.07) is 0.229. The van der Waals surface area contributed by atoms with Gasteiger partial charge in [-0.2, -0.15) is 0 Å². The molecule has 114 valence electrons. The van der Waals surface area contributed by atoms with Crippen LogP contribution in [0.25, 0.3) is 0 Å². The minimum Gasteiger partial charge on any atom is -0.465 e. The lowest BCUT2D eigenvalue weighted by molar-refractivity contribution is 0.0603. The van der Waals surface area contributed by atoms with Crippen molar-refractivity contribution in [2.45, 2.75) is 25.8 Å². The van der Waals surface area contributed by atoms with Crippen LogP contribution in [0, 0.1) is 0 Å². The Balaban J connectivity index is 2.30. The van der Waals surface area contributed by atoms with Gasteiger partial charge in [0.25, 0.3) is 5.91 Å². The quantitative estimate of drug-likeness (QED) is 0.552. The molecule has 0 spiro atoms. The van der Waals surface area contributed by atoms with E-state index >= 15 is 0 Å². The molecule has 0 bridgehead atoms. The maximum Gasteiger partial charge on any atom is 0.343 e. The van der Waals surface area contributed by atoms with Gasteiger partial charge in [-0.25, -0.2) is 4.79 Å². The van der Waals surface area contributed by atoms with Crippen LogP contribution in [-0.2, 0) is 4.74 Å². The number of ether oxygens (including phenoxy) is 1. The van der Waals surface area contributed by atoms with Crippen LogP contribution in [0.1, 0.15) is 39.8 Å². The topological polar surface area (TPSA) is 93.5 Å². The van der Waals surface area contributed by atoms with Gasteiger partial charge in [0.2, 0.25) is 0 Å². The Morgan fingerprint density at radius 2 is 2.14 bits per heavy atom. The van der Waals surface area contributed by atoms with E-state index in [9.17, 15) is 9.59 Å². The molecule has 6 nitrogen and oxygen atoms in total. The second-order valence-corrected chi connectivity index (χ2v) is 6.12. The summed E-state index contributed by atoms with van der Waals surface area (Å²) in [5, 5.41) is 6.47. The zero-order chi connectivity index (χ0) is 15.6. The van der Waals surface area contributed by atoms with Crippen molar-refractivity contribution >= 4 is 33.9 Å². The number of nitrogens with one attached hydrogen (secondary N) is 2. The van der Waals surface area contributed by atoms with Gasteiger partial charge >= 0.3 is 5.97 Å². The van der Waals surface area contributed by atoms with Gasteiger partial charge in [0, 0.05) is 12.6 Å². The summed E-state index contributed by atoms with van der Waals surface area (Å²) in [6.45, 7) is 6.15. The van der Waals surface area contributed by atoms with Crippen LogP contribution in [0.3, 0.4) is 0 Å². The van der Waals surface area contributed by atoms with Gasteiger partial charge < -0.3 is 21.1 Å². The van der Waals surface area contributed by atoms with E-state index in [1.807, 2.05) is 6.92 Å². The number of hydrogen-bond donors (Lipinski definition) is 3. The van der Waals surface area contributed by atoms with Crippen molar-refractivity contribution in [3.8, 4) is 0 Å². The van der Waals surface area contributed by atoms with E-state index in [0.29, 0.717) is 16.4 Å². The van der Waals surface area contributed by atoms with Crippen LogP contribution in [0.4, 0.5) is 10.7 Å². The zero-order valence-corrected chi connectivity index (χ0v) is 12.9. The smallest absolute Gasteiger partial charge is 0.343 e. The normalized spacial score (nSPS) is 13.6. The van der Waals surface area contributed by atoms with Gasteiger partial charge in [-0.05, 0) is 19.8 Å². The number of esters is 1. The Hall–Kier alpha value is -2.02. The third-order valence-electron chi connectivity index (χ3n) is 3.00. The predicted molar refractivity (Wildman–Crippen MR) is 83.9 cm³/mol. The highest BCUT2D eigenvalue weighted by atomic mass is 32.1. The molecule has 0 atom stereocenters. The molecule has 1 aromatic heterocycles. The summed E-state index contributed by atoms with van der Waals surface area (Å²) in [5.74, 6) is -0.799. The molecule has 21 heavy (non-hydrogen) atoms. The molecule has 1 aliphatic carbocycles. The number of methoxy groups -OCH3 is 1. The van der Waals surface area contributed by atoms with Crippen LogP contribution in [0.2, 0.25) is 0 Å². The van der Waals surface area contributed by atoms with Gasteiger partial charge in [0.1, 0.15) is 15.4 Å². The van der Waals surface area contributed by atoms with Crippen molar-refractivity contribution in [1.82, 2.24) is 5.32 Å². The first-order chi connectivity index (χ1) is 9.93. The summed E-state index contributed by atoms with van der Waals surface area (Å²) in [5.41, 5.74) is 7.25. The lowest BCUT2D eigenvalue weighted by Gasteiger charge is -2.06. The predicted octanol–water partition coefficient (Wildman–Crippen LogP) is 2.00. The Labute approximate surface area is 127 Å². The van der Waals surface area contributed by atoms with E-state index in [-0.39, 0.29) is 23.2 Å². The maximum absolute atomic E-state index is 12.2. The van der Waals surface area contributed by atoms with Crippen LogP contribution < -0.4 is 16.4 Å².